The van der Waals surface area contributed by atoms with Gasteiger partial charge in [0, 0.05) is 6.61 Å². The normalized spacial score (nSPS) is 12.0. The van der Waals surface area contributed by atoms with E-state index in [4.69, 9.17) is 4.43 Å². The lowest BCUT2D eigenvalue weighted by Crippen LogP contribution is -2.01. The van der Waals surface area contributed by atoms with Crippen LogP contribution in [-0.4, -0.2) is 16.4 Å². The Hall–Kier alpha value is 0.177. The van der Waals surface area contributed by atoms with E-state index >= 15 is 0 Å². The minimum atomic E-state index is -0.152. The maximum Gasteiger partial charge on any atom is 0.161 e. The van der Waals surface area contributed by atoms with Gasteiger partial charge < -0.3 is 4.43 Å². The highest BCUT2D eigenvalue weighted by Crippen LogP contribution is 2.03. The summed E-state index contributed by atoms with van der Waals surface area (Å²) >= 11 is 0. The van der Waals surface area contributed by atoms with E-state index in [1.165, 1.54) is 25.3 Å². The molecule has 0 bridgehead atoms. The third-order valence-corrected chi connectivity index (χ3v) is 2.99. The summed E-state index contributed by atoms with van der Waals surface area (Å²) in [5, 5.41) is 0. The molecule has 0 aliphatic carbocycles. The summed E-state index contributed by atoms with van der Waals surface area (Å²) in [6.07, 6.45) is 3.87. The summed E-state index contributed by atoms with van der Waals surface area (Å²) < 4.78 is 5.56. The fourth-order valence-electron chi connectivity index (χ4n) is 0.942. The minimum Gasteiger partial charge on any atom is -0.424 e. The Labute approximate surface area is 73.5 Å². The van der Waals surface area contributed by atoms with Crippen molar-refractivity contribution in [2.45, 2.75) is 46.1 Å². The number of rotatable bonds is 7. The van der Waals surface area contributed by atoms with Gasteiger partial charge in [-0.05, 0) is 18.4 Å². The standard InChI is InChI=1S/C9H22OSi/c1-4-5-7-10-11-8-6-9(2)3/h9H,4-8,11H2,1-3H3. The van der Waals surface area contributed by atoms with Crippen LogP contribution in [0, 0.1) is 5.92 Å². The zero-order chi connectivity index (χ0) is 8.53. The molecule has 0 unspecified atom stereocenters. The van der Waals surface area contributed by atoms with Gasteiger partial charge in [0.05, 0.1) is 0 Å². The van der Waals surface area contributed by atoms with Gasteiger partial charge in [0.1, 0.15) is 0 Å². The van der Waals surface area contributed by atoms with Crippen molar-refractivity contribution >= 4 is 9.76 Å². The molecule has 0 aromatic rings. The first kappa shape index (κ1) is 11.2. The molecule has 0 atom stereocenters. The van der Waals surface area contributed by atoms with Gasteiger partial charge in [-0.25, -0.2) is 0 Å². The van der Waals surface area contributed by atoms with Crippen molar-refractivity contribution in [1.82, 2.24) is 0 Å². The van der Waals surface area contributed by atoms with Crippen LogP contribution in [0.2, 0.25) is 6.04 Å². The Morgan fingerprint density at radius 2 is 2.09 bits per heavy atom. The predicted molar refractivity (Wildman–Crippen MR) is 53.7 cm³/mol. The lowest BCUT2D eigenvalue weighted by Gasteiger charge is -2.04. The Balaban J connectivity index is 2.80. The van der Waals surface area contributed by atoms with Gasteiger partial charge in [-0.3, -0.25) is 0 Å². The van der Waals surface area contributed by atoms with Crippen molar-refractivity contribution in [3.8, 4) is 0 Å². The third kappa shape index (κ3) is 10.2. The molecule has 0 aliphatic heterocycles. The molecule has 68 valence electrons. The van der Waals surface area contributed by atoms with Gasteiger partial charge in [0.25, 0.3) is 0 Å². The summed E-state index contributed by atoms with van der Waals surface area (Å²) in [6.45, 7) is 7.78. The Kier molecular flexibility index (Phi) is 8.41. The van der Waals surface area contributed by atoms with Crippen molar-refractivity contribution < 1.29 is 4.43 Å². The molecule has 0 fully saturated rings. The van der Waals surface area contributed by atoms with Gasteiger partial charge >= 0.3 is 0 Å². The monoisotopic (exact) mass is 174 g/mol. The quantitative estimate of drug-likeness (QED) is 0.425. The molecule has 0 heterocycles. The third-order valence-electron chi connectivity index (χ3n) is 1.71. The SMILES string of the molecule is CCCCO[SiH2]CCC(C)C. The summed E-state index contributed by atoms with van der Waals surface area (Å²) in [4.78, 5) is 0. The molecule has 0 saturated carbocycles. The van der Waals surface area contributed by atoms with Crippen molar-refractivity contribution in [1.29, 1.82) is 0 Å². The molecule has 0 amide bonds. The zero-order valence-corrected chi connectivity index (χ0v) is 9.64. The maximum absolute atomic E-state index is 5.56. The summed E-state index contributed by atoms with van der Waals surface area (Å²) in [5.41, 5.74) is 0. The Morgan fingerprint density at radius 1 is 1.36 bits per heavy atom. The number of hydrogen-bond acceptors (Lipinski definition) is 1. The predicted octanol–water partition coefficient (Wildman–Crippen LogP) is 2.35. The summed E-state index contributed by atoms with van der Waals surface area (Å²) in [6, 6.07) is 1.36. The Bertz CT molecular complexity index is 74.0. The van der Waals surface area contributed by atoms with E-state index in [1.54, 1.807) is 0 Å². The van der Waals surface area contributed by atoms with Crippen LogP contribution in [0.15, 0.2) is 0 Å². The van der Waals surface area contributed by atoms with E-state index in [1.807, 2.05) is 0 Å². The second kappa shape index (κ2) is 8.28. The first-order valence-corrected chi connectivity index (χ1v) is 6.42. The first-order chi connectivity index (χ1) is 5.27. The molecule has 0 rings (SSSR count). The average Bonchev–Trinajstić information content (AvgIpc) is 1.96. The first-order valence-electron chi connectivity index (χ1n) is 4.85. The second-order valence-electron chi connectivity index (χ2n) is 3.50. The van der Waals surface area contributed by atoms with Crippen LogP contribution in [0.25, 0.3) is 0 Å². The van der Waals surface area contributed by atoms with E-state index in [0.29, 0.717) is 0 Å². The van der Waals surface area contributed by atoms with Crippen molar-refractivity contribution in [3.05, 3.63) is 0 Å². The van der Waals surface area contributed by atoms with Gasteiger partial charge in [-0.15, -0.1) is 0 Å². The Morgan fingerprint density at radius 3 is 2.64 bits per heavy atom. The van der Waals surface area contributed by atoms with Gasteiger partial charge in [0.15, 0.2) is 9.76 Å². The fourth-order valence-corrected chi connectivity index (χ4v) is 2.54. The summed E-state index contributed by atoms with van der Waals surface area (Å²) in [7, 11) is -0.152. The van der Waals surface area contributed by atoms with E-state index in [0.717, 1.165) is 12.5 Å². The van der Waals surface area contributed by atoms with E-state index in [-0.39, 0.29) is 9.76 Å². The van der Waals surface area contributed by atoms with Gasteiger partial charge in [-0.2, -0.15) is 0 Å². The molecule has 0 N–H and O–H groups in total. The van der Waals surface area contributed by atoms with Gasteiger partial charge in [0.2, 0.25) is 0 Å². The average molecular weight is 174 g/mol. The molecular weight excluding hydrogens is 152 g/mol. The van der Waals surface area contributed by atoms with Crippen LogP contribution >= 0.6 is 0 Å². The molecule has 0 aliphatic rings. The van der Waals surface area contributed by atoms with Crippen LogP contribution in [0.3, 0.4) is 0 Å². The molecule has 2 heteroatoms. The molecule has 0 aromatic heterocycles. The van der Waals surface area contributed by atoms with E-state index < -0.39 is 0 Å². The van der Waals surface area contributed by atoms with E-state index in [2.05, 4.69) is 20.8 Å². The fraction of sp³-hybridized carbons (Fsp3) is 1.00. The van der Waals surface area contributed by atoms with E-state index in [9.17, 15) is 0 Å². The van der Waals surface area contributed by atoms with Crippen molar-refractivity contribution in [2.75, 3.05) is 6.61 Å². The lowest BCUT2D eigenvalue weighted by atomic mass is 10.2. The second-order valence-corrected chi connectivity index (χ2v) is 5.03. The van der Waals surface area contributed by atoms with Crippen LogP contribution < -0.4 is 0 Å². The number of hydrogen-bond donors (Lipinski definition) is 0. The molecule has 0 saturated heterocycles. The highest BCUT2D eigenvalue weighted by Gasteiger charge is 1.94. The largest absolute Gasteiger partial charge is 0.424 e. The highest BCUT2D eigenvalue weighted by atomic mass is 28.2. The molecule has 11 heavy (non-hydrogen) atoms. The summed E-state index contributed by atoms with van der Waals surface area (Å²) in [5.74, 6) is 0.859. The maximum atomic E-state index is 5.56. The van der Waals surface area contributed by atoms with Crippen molar-refractivity contribution in [2.24, 2.45) is 5.92 Å². The molecular formula is C9H22OSi. The minimum absolute atomic E-state index is 0.152. The van der Waals surface area contributed by atoms with Crippen LogP contribution in [0.4, 0.5) is 0 Å². The van der Waals surface area contributed by atoms with Gasteiger partial charge in [-0.1, -0.05) is 33.6 Å². The lowest BCUT2D eigenvalue weighted by molar-refractivity contribution is 0.324. The number of unbranched alkanes of at least 4 members (excludes halogenated alkanes) is 1. The van der Waals surface area contributed by atoms with Crippen LogP contribution in [-0.2, 0) is 4.43 Å². The van der Waals surface area contributed by atoms with Crippen LogP contribution in [0.1, 0.15) is 40.0 Å². The van der Waals surface area contributed by atoms with Crippen molar-refractivity contribution in [3.63, 3.8) is 0 Å². The van der Waals surface area contributed by atoms with Crippen LogP contribution in [0.5, 0.6) is 0 Å². The molecule has 0 spiro atoms. The topological polar surface area (TPSA) is 9.23 Å². The smallest absolute Gasteiger partial charge is 0.161 e. The zero-order valence-electron chi connectivity index (χ0n) is 8.23. The molecule has 1 nitrogen and oxygen atoms in total. The molecule has 0 radical (unpaired) electrons. The molecule has 0 aromatic carbocycles. The highest BCUT2D eigenvalue weighted by molar-refractivity contribution is 6.26.